The molecular formula is C26H29ClFN5O2. The SMILES string of the molecule is N=C1CN(C(=O)c2ccc(F)cc2OC2CC3CCC(C2)N3CC2CC2)CC1c1ncc(Cl)cn1. The molecule has 3 aliphatic heterocycles. The Bertz CT molecular complexity index is 1130. The summed E-state index contributed by atoms with van der Waals surface area (Å²) >= 11 is 5.89. The van der Waals surface area contributed by atoms with Crippen molar-refractivity contribution < 1.29 is 13.9 Å². The van der Waals surface area contributed by atoms with E-state index in [1.165, 1.54) is 62.8 Å². The van der Waals surface area contributed by atoms with Crippen molar-refractivity contribution in [1.82, 2.24) is 19.8 Å². The highest BCUT2D eigenvalue weighted by atomic mass is 35.5. The molecule has 3 unspecified atom stereocenters. The van der Waals surface area contributed by atoms with Gasteiger partial charge in [0, 0.05) is 49.3 Å². The van der Waals surface area contributed by atoms with Gasteiger partial charge in [-0.25, -0.2) is 14.4 Å². The van der Waals surface area contributed by atoms with E-state index in [2.05, 4.69) is 14.9 Å². The van der Waals surface area contributed by atoms with Gasteiger partial charge < -0.3 is 15.0 Å². The molecule has 0 spiro atoms. The minimum Gasteiger partial charge on any atom is -0.489 e. The first-order valence-corrected chi connectivity index (χ1v) is 12.9. The number of halogens is 2. The molecule has 1 aliphatic carbocycles. The van der Waals surface area contributed by atoms with Crippen molar-refractivity contribution >= 4 is 23.2 Å². The first kappa shape index (κ1) is 22.9. The molecule has 3 saturated heterocycles. The molecule has 0 radical (unpaired) electrons. The number of hydrogen-bond donors (Lipinski definition) is 1. The van der Waals surface area contributed by atoms with Crippen LogP contribution in [0.2, 0.25) is 5.02 Å². The Hall–Kier alpha value is -2.58. The molecule has 2 aromatic rings. The van der Waals surface area contributed by atoms with Gasteiger partial charge in [0.25, 0.3) is 5.91 Å². The van der Waals surface area contributed by atoms with Gasteiger partial charge in [0.05, 0.1) is 23.0 Å². The third-order valence-corrected chi connectivity index (χ3v) is 8.09. The molecule has 4 heterocycles. The molecular weight excluding hydrogens is 469 g/mol. The van der Waals surface area contributed by atoms with Gasteiger partial charge in [-0.05, 0) is 56.6 Å². The van der Waals surface area contributed by atoms with Crippen LogP contribution in [-0.2, 0) is 0 Å². The molecule has 4 fully saturated rings. The summed E-state index contributed by atoms with van der Waals surface area (Å²) in [6.07, 6.45) is 9.88. The van der Waals surface area contributed by atoms with Crippen LogP contribution in [0.1, 0.15) is 60.6 Å². The summed E-state index contributed by atoms with van der Waals surface area (Å²) in [6, 6.07) is 5.16. The summed E-state index contributed by atoms with van der Waals surface area (Å²) in [5, 5.41) is 8.82. The Morgan fingerprint density at radius 1 is 1.14 bits per heavy atom. The molecule has 1 saturated carbocycles. The van der Waals surface area contributed by atoms with Crippen LogP contribution in [0.4, 0.5) is 4.39 Å². The Balaban J connectivity index is 1.17. The summed E-state index contributed by atoms with van der Waals surface area (Å²) in [5.74, 6) is 0.561. The maximum absolute atomic E-state index is 14.2. The summed E-state index contributed by atoms with van der Waals surface area (Å²) in [7, 11) is 0. The number of nitrogens with one attached hydrogen (secondary N) is 1. The summed E-state index contributed by atoms with van der Waals surface area (Å²) in [6.45, 7) is 1.67. The van der Waals surface area contributed by atoms with Crippen molar-refractivity contribution in [2.75, 3.05) is 19.6 Å². The van der Waals surface area contributed by atoms with Crippen molar-refractivity contribution in [3.8, 4) is 5.75 Å². The van der Waals surface area contributed by atoms with E-state index in [-0.39, 0.29) is 24.5 Å². The van der Waals surface area contributed by atoms with E-state index in [0.717, 1.165) is 18.8 Å². The Morgan fingerprint density at radius 2 is 1.86 bits per heavy atom. The van der Waals surface area contributed by atoms with Crippen LogP contribution in [0.15, 0.2) is 30.6 Å². The highest BCUT2D eigenvalue weighted by molar-refractivity contribution is 6.30. The van der Waals surface area contributed by atoms with Crippen molar-refractivity contribution in [3.63, 3.8) is 0 Å². The predicted molar refractivity (Wildman–Crippen MR) is 130 cm³/mol. The summed E-state index contributed by atoms with van der Waals surface area (Å²) in [4.78, 5) is 26.2. The molecule has 3 atom stereocenters. The number of carbonyl (C=O) groups is 1. The van der Waals surface area contributed by atoms with Crippen molar-refractivity contribution in [1.29, 1.82) is 5.41 Å². The largest absolute Gasteiger partial charge is 0.489 e. The first-order chi connectivity index (χ1) is 16.9. The highest BCUT2D eigenvalue weighted by Crippen LogP contribution is 2.41. The van der Waals surface area contributed by atoms with E-state index in [9.17, 15) is 9.18 Å². The van der Waals surface area contributed by atoms with Gasteiger partial charge in [0.2, 0.25) is 0 Å². The standard InChI is InChI=1S/C26H29ClFN5O2/c27-16-10-30-25(31-11-16)22-13-32(14-23(22)29)26(34)21-6-3-17(28)7-24(21)35-20-8-18-4-5-19(9-20)33(18)12-15-1-2-15/h3,6-7,10-11,15,18-20,22,29H,1-2,4-5,8-9,12-14H2. The number of piperidine rings is 1. The molecule has 1 aromatic carbocycles. The first-order valence-electron chi connectivity index (χ1n) is 12.5. The zero-order valence-electron chi connectivity index (χ0n) is 19.5. The van der Waals surface area contributed by atoms with Gasteiger partial charge in [0.1, 0.15) is 23.5 Å². The zero-order chi connectivity index (χ0) is 24.1. The lowest BCUT2D eigenvalue weighted by atomic mass is 9.99. The van der Waals surface area contributed by atoms with Crippen LogP contribution in [0.3, 0.4) is 0 Å². The number of hydrogen-bond acceptors (Lipinski definition) is 6. The van der Waals surface area contributed by atoms with E-state index in [1.807, 2.05) is 0 Å². The highest BCUT2D eigenvalue weighted by Gasteiger charge is 2.43. The molecule has 35 heavy (non-hydrogen) atoms. The number of benzene rings is 1. The van der Waals surface area contributed by atoms with Crippen molar-refractivity contribution in [3.05, 3.63) is 52.8 Å². The smallest absolute Gasteiger partial charge is 0.257 e. The number of likely N-dealkylation sites (tertiary alicyclic amines) is 1. The molecule has 1 aromatic heterocycles. The molecule has 6 rings (SSSR count). The summed E-state index contributed by atoms with van der Waals surface area (Å²) < 4.78 is 20.6. The number of carbonyl (C=O) groups excluding carboxylic acids is 1. The van der Waals surface area contributed by atoms with Crippen LogP contribution in [0.5, 0.6) is 5.75 Å². The van der Waals surface area contributed by atoms with Gasteiger partial charge in [-0.3, -0.25) is 9.69 Å². The zero-order valence-corrected chi connectivity index (χ0v) is 20.3. The third-order valence-electron chi connectivity index (χ3n) is 7.90. The average Bonchev–Trinajstić information content (AvgIpc) is 3.53. The van der Waals surface area contributed by atoms with Gasteiger partial charge in [-0.15, -0.1) is 0 Å². The number of aromatic nitrogens is 2. The third kappa shape index (κ3) is 4.66. The lowest BCUT2D eigenvalue weighted by Crippen LogP contribution is -2.47. The predicted octanol–water partition coefficient (Wildman–Crippen LogP) is 4.31. The maximum atomic E-state index is 14.2. The molecule has 9 heteroatoms. The van der Waals surface area contributed by atoms with Crippen LogP contribution in [-0.4, -0.2) is 69.2 Å². The lowest BCUT2D eigenvalue weighted by Gasteiger charge is -2.39. The van der Waals surface area contributed by atoms with Gasteiger partial charge in [0.15, 0.2) is 0 Å². The minimum atomic E-state index is -0.424. The Morgan fingerprint density at radius 3 is 2.54 bits per heavy atom. The lowest BCUT2D eigenvalue weighted by molar-refractivity contribution is 0.0454. The van der Waals surface area contributed by atoms with Gasteiger partial charge in [-0.1, -0.05) is 11.6 Å². The molecule has 184 valence electrons. The van der Waals surface area contributed by atoms with Crippen LogP contribution < -0.4 is 4.74 Å². The fourth-order valence-electron chi connectivity index (χ4n) is 5.94. The number of fused-ring (bicyclic) bond motifs is 2. The fraction of sp³-hybridized carbons (Fsp3) is 0.538. The minimum absolute atomic E-state index is 0.0246. The van der Waals surface area contributed by atoms with Gasteiger partial charge in [-0.2, -0.15) is 0 Å². The van der Waals surface area contributed by atoms with E-state index in [0.29, 0.717) is 46.5 Å². The van der Waals surface area contributed by atoms with Gasteiger partial charge >= 0.3 is 0 Å². The van der Waals surface area contributed by atoms with Crippen molar-refractivity contribution in [2.24, 2.45) is 5.92 Å². The number of nitrogens with zero attached hydrogens (tertiary/aromatic N) is 4. The molecule has 1 N–H and O–H groups in total. The molecule has 1 amide bonds. The number of amides is 1. The Labute approximate surface area is 209 Å². The van der Waals surface area contributed by atoms with Crippen LogP contribution >= 0.6 is 11.6 Å². The van der Waals surface area contributed by atoms with Crippen LogP contribution in [0.25, 0.3) is 0 Å². The topological polar surface area (TPSA) is 82.4 Å². The second kappa shape index (κ2) is 9.13. The number of rotatable bonds is 6. The van der Waals surface area contributed by atoms with Crippen molar-refractivity contribution in [2.45, 2.75) is 62.6 Å². The molecule has 2 bridgehead atoms. The van der Waals surface area contributed by atoms with E-state index in [1.54, 1.807) is 4.90 Å². The second-order valence-electron chi connectivity index (χ2n) is 10.4. The van der Waals surface area contributed by atoms with E-state index in [4.69, 9.17) is 21.7 Å². The maximum Gasteiger partial charge on any atom is 0.257 e. The molecule has 7 nitrogen and oxygen atoms in total. The van der Waals surface area contributed by atoms with Crippen LogP contribution in [0, 0.1) is 17.1 Å². The quantitative estimate of drug-likeness (QED) is 0.643. The normalized spacial score (nSPS) is 28.5. The van der Waals surface area contributed by atoms with E-state index >= 15 is 0 Å². The second-order valence-corrected chi connectivity index (χ2v) is 10.8. The summed E-state index contributed by atoms with van der Waals surface area (Å²) in [5.41, 5.74) is 0.703. The number of ether oxygens (including phenoxy) is 1. The molecule has 4 aliphatic rings. The average molecular weight is 498 g/mol. The Kier molecular flexibility index (Phi) is 5.96. The fourth-order valence-corrected chi connectivity index (χ4v) is 6.04. The van der Waals surface area contributed by atoms with E-state index < -0.39 is 5.82 Å². The monoisotopic (exact) mass is 497 g/mol.